The average Bonchev–Trinajstić information content (AvgIpc) is 3.62. The second kappa shape index (κ2) is 13.1. The molecule has 1 heteroatoms. The Morgan fingerprint density at radius 2 is 0.737 bits per heavy atom. The fourth-order valence-electron chi connectivity index (χ4n) is 9.81. The molecule has 0 aliphatic carbocycles. The first kappa shape index (κ1) is 35.0. The largest absolute Gasteiger partial charge is 0.456 e. The maximum Gasteiger partial charge on any atom is 0.136 e. The molecule has 10 rings (SSSR count). The molecule has 0 amide bonds. The first-order valence-electron chi connectivity index (χ1n) is 20.2. The van der Waals surface area contributed by atoms with Crippen molar-refractivity contribution in [1.29, 1.82) is 0 Å². The lowest BCUT2D eigenvalue weighted by atomic mass is 9.75. The second-order valence-electron chi connectivity index (χ2n) is 16.2. The van der Waals surface area contributed by atoms with E-state index >= 15 is 0 Å². The van der Waals surface area contributed by atoms with Crippen molar-refractivity contribution in [3.63, 3.8) is 0 Å². The maximum absolute atomic E-state index is 6.73. The number of benzene rings is 9. The molecule has 1 heterocycles. The van der Waals surface area contributed by atoms with Crippen LogP contribution in [0.2, 0.25) is 0 Å². The molecule has 0 bridgehead atoms. The zero-order valence-electron chi connectivity index (χ0n) is 34.1. The summed E-state index contributed by atoms with van der Waals surface area (Å²) in [6.07, 6.45) is 0. The van der Waals surface area contributed by atoms with Crippen molar-refractivity contribution < 1.29 is 4.42 Å². The summed E-state index contributed by atoms with van der Waals surface area (Å²) in [4.78, 5) is 0. The lowest BCUT2D eigenvalue weighted by molar-refractivity contribution is 0.669. The Balaban J connectivity index is 1.39. The maximum atomic E-state index is 6.73. The van der Waals surface area contributed by atoms with Crippen molar-refractivity contribution in [1.82, 2.24) is 0 Å². The molecule has 1 nitrogen and oxygen atoms in total. The standard InChI is InChI=1S/C56H46O/c1-31-33(3)37(7)52-50(35(31)5)55(45-22-15-14-21-44(45)41-27-25-40(26-28-41)39-17-10-9-11-18-39)51-36(6)32(2)34(4)38(8)53(51)56(52)46-23-16-24-48-54(46)47-29-42-19-12-13-20-43(42)30-49(47)57-48/h9-30H,1-8H3. The van der Waals surface area contributed by atoms with Crippen molar-refractivity contribution in [3.05, 3.63) is 178 Å². The van der Waals surface area contributed by atoms with E-state index in [1.165, 1.54) is 127 Å². The number of hydrogen-bond donors (Lipinski definition) is 0. The van der Waals surface area contributed by atoms with Gasteiger partial charge in [0.1, 0.15) is 11.2 Å². The summed E-state index contributed by atoms with van der Waals surface area (Å²) in [6.45, 7) is 18.6. The monoisotopic (exact) mass is 734 g/mol. The van der Waals surface area contributed by atoms with Gasteiger partial charge in [-0.3, -0.25) is 0 Å². The molecule has 0 spiro atoms. The molecule has 0 atom stereocenters. The van der Waals surface area contributed by atoms with Crippen LogP contribution in [0.3, 0.4) is 0 Å². The van der Waals surface area contributed by atoms with Crippen LogP contribution in [0.5, 0.6) is 0 Å². The predicted octanol–water partition coefficient (Wildman–Crippen LogP) is 16.2. The van der Waals surface area contributed by atoms with Crippen molar-refractivity contribution in [2.45, 2.75) is 55.4 Å². The van der Waals surface area contributed by atoms with E-state index < -0.39 is 0 Å². The van der Waals surface area contributed by atoms with Crippen LogP contribution in [0.25, 0.3) is 98.8 Å². The van der Waals surface area contributed by atoms with E-state index in [4.69, 9.17) is 4.42 Å². The molecule has 0 aliphatic heterocycles. The fourth-order valence-corrected chi connectivity index (χ4v) is 9.81. The molecule has 0 N–H and O–H groups in total. The molecular formula is C56H46O. The highest BCUT2D eigenvalue weighted by molar-refractivity contribution is 6.29. The molecule has 0 radical (unpaired) electrons. The van der Waals surface area contributed by atoms with Gasteiger partial charge in [-0.05, 0) is 195 Å². The molecule has 0 saturated heterocycles. The molecule has 57 heavy (non-hydrogen) atoms. The van der Waals surface area contributed by atoms with Gasteiger partial charge in [-0.2, -0.15) is 0 Å². The highest BCUT2D eigenvalue weighted by atomic mass is 16.3. The second-order valence-corrected chi connectivity index (χ2v) is 16.2. The number of aryl methyl sites for hydroxylation is 4. The summed E-state index contributed by atoms with van der Waals surface area (Å²) in [5, 5.41) is 10.1. The van der Waals surface area contributed by atoms with Crippen LogP contribution in [0.1, 0.15) is 44.5 Å². The summed E-state index contributed by atoms with van der Waals surface area (Å²) < 4.78 is 6.73. The summed E-state index contributed by atoms with van der Waals surface area (Å²) in [5.41, 5.74) is 22.6. The van der Waals surface area contributed by atoms with E-state index in [2.05, 4.69) is 189 Å². The normalized spacial score (nSPS) is 11.9. The molecular weight excluding hydrogens is 689 g/mol. The Morgan fingerprint density at radius 1 is 0.298 bits per heavy atom. The van der Waals surface area contributed by atoms with Gasteiger partial charge in [-0.1, -0.05) is 115 Å². The van der Waals surface area contributed by atoms with E-state index in [1.54, 1.807) is 0 Å². The smallest absolute Gasteiger partial charge is 0.136 e. The SMILES string of the molecule is Cc1c(C)c(C)c2c(-c3cccc4oc5cc6ccccc6cc5c34)c3c(C)c(C)c(C)c(C)c3c(-c3ccccc3-c3ccc(-c4ccccc4)cc3)c2c1C. The minimum atomic E-state index is 0.920. The minimum absolute atomic E-state index is 0.920. The Hall–Kier alpha value is -6.44. The summed E-state index contributed by atoms with van der Waals surface area (Å²) in [5.74, 6) is 0. The number of furan rings is 1. The number of hydrogen-bond acceptors (Lipinski definition) is 1. The molecule has 9 aromatic carbocycles. The summed E-state index contributed by atoms with van der Waals surface area (Å²) in [6, 6.07) is 48.7. The Bertz CT molecular complexity index is 3200. The lowest BCUT2D eigenvalue weighted by Gasteiger charge is -2.28. The van der Waals surface area contributed by atoms with Crippen molar-refractivity contribution in [2.75, 3.05) is 0 Å². The van der Waals surface area contributed by atoms with E-state index in [-0.39, 0.29) is 0 Å². The van der Waals surface area contributed by atoms with Gasteiger partial charge < -0.3 is 4.42 Å². The third kappa shape index (κ3) is 5.15. The van der Waals surface area contributed by atoms with Gasteiger partial charge in [0.15, 0.2) is 0 Å². The van der Waals surface area contributed by atoms with Crippen LogP contribution >= 0.6 is 0 Å². The number of rotatable bonds is 4. The molecule has 0 unspecified atom stereocenters. The molecule has 0 fully saturated rings. The zero-order valence-corrected chi connectivity index (χ0v) is 34.1. The van der Waals surface area contributed by atoms with Gasteiger partial charge in [0.2, 0.25) is 0 Å². The van der Waals surface area contributed by atoms with Gasteiger partial charge in [0, 0.05) is 10.8 Å². The highest BCUT2D eigenvalue weighted by Gasteiger charge is 2.28. The first-order valence-corrected chi connectivity index (χ1v) is 20.2. The van der Waals surface area contributed by atoms with Crippen LogP contribution in [0.4, 0.5) is 0 Å². The van der Waals surface area contributed by atoms with Gasteiger partial charge in [0.05, 0.1) is 0 Å². The minimum Gasteiger partial charge on any atom is -0.456 e. The molecule has 0 aliphatic rings. The zero-order chi connectivity index (χ0) is 39.3. The average molecular weight is 735 g/mol. The van der Waals surface area contributed by atoms with Crippen LogP contribution < -0.4 is 0 Å². The Labute approximate surface area is 335 Å². The first-order chi connectivity index (χ1) is 27.6. The Kier molecular flexibility index (Phi) is 8.03. The highest BCUT2D eigenvalue weighted by Crippen LogP contribution is 2.53. The van der Waals surface area contributed by atoms with Crippen LogP contribution in [-0.2, 0) is 0 Å². The van der Waals surface area contributed by atoms with Gasteiger partial charge in [0.25, 0.3) is 0 Å². The van der Waals surface area contributed by atoms with Crippen molar-refractivity contribution in [2.24, 2.45) is 0 Å². The molecule has 0 saturated carbocycles. The Morgan fingerprint density at radius 3 is 1.32 bits per heavy atom. The van der Waals surface area contributed by atoms with E-state index in [1.807, 2.05) is 0 Å². The number of fused-ring (bicyclic) bond motifs is 6. The quantitative estimate of drug-likeness (QED) is 0.164. The topological polar surface area (TPSA) is 13.1 Å². The third-order valence-corrected chi connectivity index (χ3v) is 13.5. The molecule has 1 aromatic heterocycles. The van der Waals surface area contributed by atoms with Gasteiger partial charge in [-0.25, -0.2) is 0 Å². The van der Waals surface area contributed by atoms with Gasteiger partial charge >= 0.3 is 0 Å². The predicted molar refractivity (Wildman–Crippen MR) is 246 cm³/mol. The van der Waals surface area contributed by atoms with E-state index in [0.717, 1.165) is 16.6 Å². The van der Waals surface area contributed by atoms with Crippen LogP contribution in [-0.4, -0.2) is 0 Å². The lowest BCUT2D eigenvalue weighted by Crippen LogP contribution is -2.04. The summed E-state index contributed by atoms with van der Waals surface area (Å²) in [7, 11) is 0. The van der Waals surface area contributed by atoms with Crippen molar-refractivity contribution in [3.8, 4) is 44.5 Å². The van der Waals surface area contributed by atoms with Crippen molar-refractivity contribution >= 4 is 54.3 Å². The summed E-state index contributed by atoms with van der Waals surface area (Å²) >= 11 is 0. The van der Waals surface area contributed by atoms with Crippen LogP contribution in [0, 0.1) is 55.4 Å². The molecule has 276 valence electrons. The van der Waals surface area contributed by atoms with E-state index in [0.29, 0.717) is 0 Å². The van der Waals surface area contributed by atoms with Crippen LogP contribution in [0.15, 0.2) is 138 Å². The van der Waals surface area contributed by atoms with Gasteiger partial charge in [-0.15, -0.1) is 0 Å². The van der Waals surface area contributed by atoms with E-state index in [9.17, 15) is 0 Å². The fraction of sp³-hybridized carbons (Fsp3) is 0.143. The molecule has 10 aromatic rings. The third-order valence-electron chi connectivity index (χ3n) is 13.5.